The van der Waals surface area contributed by atoms with Crippen LogP contribution in [-0.2, 0) is 0 Å². The van der Waals surface area contributed by atoms with Crippen LogP contribution in [-0.4, -0.2) is 32.6 Å². The van der Waals surface area contributed by atoms with Gasteiger partial charge in [0.05, 0.1) is 0 Å². The molecule has 130 valence electrons. The Bertz CT molecular complexity index is 141. The predicted molar refractivity (Wildman–Crippen MR) is 99.0 cm³/mol. The van der Waals surface area contributed by atoms with Crippen LogP contribution in [0, 0.1) is 0 Å². The van der Waals surface area contributed by atoms with Crippen LogP contribution in [0.2, 0.25) is 0 Å². The number of hydrogen-bond donors (Lipinski definition) is 1. The highest BCUT2D eigenvalue weighted by atomic mass is 15.0. The summed E-state index contributed by atoms with van der Waals surface area (Å²) in [6.07, 6.45) is 19.9. The van der Waals surface area contributed by atoms with Crippen LogP contribution in [0.4, 0.5) is 0 Å². The Labute approximate surface area is 135 Å². The molecule has 0 rings (SSSR count). The zero-order valence-electron chi connectivity index (χ0n) is 15.6. The smallest absolute Gasteiger partial charge is 0.00773 e. The summed E-state index contributed by atoms with van der Waals surface area (Å²) in [5.74, 6) is 0. The quantitative estimate of drug-likeness (QED) is 0.423. The standard InChI is InChI=1S/C16H35N.C3H9N/c1-2-3-4-5-6-7-8-9-10-11-12-13-14-15-16-17;1-4(2)3/h2-17H2,1H3;1-3H3. The maximum Gasteiger partial charge on any atom is -0.00773 e. The molecule has 2 nitrogen and oxygen atoms in total. The molecular formula is C19H44N2. The van der Waals surface area contributed by atoms with Crippen molar-refractivity contribution in [2.45, 2.75) is 96.8 Å². The van der Waals surface area contributed by atoms with Gasteiger partial charge in [0.25, 0.3) is 0 Å². The Kier molecular flexibility index (Phi) is 24.5. The fourth-order valence-corrected chi connectivity index (χ4v) is 2.34. The van der Waals surface area contributed by atoms with E-state index >= 15 is 0 Å². The molecule has 0 aromatic carbocycles. The molecule has 0 aliphatic rings. The van der Waals surface area contributed by atoms with Crippen molar-refractivity contribution < 1.29 is 0 Å². The maximum atomic E-state index is 5.47. The molecule has 0 saturated carbocycles. The van der Waals surface area contributed by atoms with Gasteiger partial charge >= 0.3 is 0 Å². The average molecular weight is 301 g/mol. The molecule has 0 radical (unpaired) electrons. The lowest BCUT2D eigenvalue weighted by Gasteiger charge is -2.02. The van der Waals surface area contributed by atoms with Crippen LogP contribution >= 0.6 is 0 Å². The number of hydrogen-bond acceptors (Lipinski definition) is 2. The highest BCUT2D eigenvalue weighted by molar-refractivity contribution is 4.49. The third kappa shape index (κ3) is 33.0. The molecule has 0 spiro atoms. The number of nitrogens with two attached hydrogens (primary N) is 1. The normalized spacial score (nSPS) is 10.6. The molecule has 0 saturated heterocycles. The van der Waals surface area contributed by atoms with Crippen molar-refractivity contribution in [1.82, 2.24) is 4.90 Å². The lowest BCUT2D eigenvalue weighted by Crippen LogP contribution is -1.99. The van der Waals surface area contributed by atoms with Crippen LogP contribution in [0.25, 0.3) is 0 Å². The van der Waals surface area contributed by atoms with E-state index in [1.165, 1.54) is 89.9 Å². The Balaban J connectivity index is 0. The molecular weight excluding hydrogens is 256 g/mol. The van der Waals surface area contributed by atoms with Gasteiger partial charge in [-0.1, -0.05) is 90.4 Å². The molecule has 0 atom stereocenters. The first-order valence-corrected chi connectivity index (χ1v) is 9.46. The van der Waals surface area contributed by atoms with Gasteiger partial charge in [-0.25, -0.2) is 0 Å². The molecule has 0 fully saturated rings. The van der Waals surface area contributed by atoms with Crippen molar-refractivity contribution in [2.75, 3.05) is 27.7 Å². The molecule has 0 aromatic heterocycles. The van der Waals surface area contributed by atoms with Crippen LogP contribution in [0.3, 0.4) is 0 Å². The van der Waals surface area contributed by atoms with E-state index in [1.54, 1.807) is 0 Å². The maximum absolute atomic E-state index is 5.47. The molecule has 0 unspecified atom stereocenters. The van der Waals surface area contributed by atoms with Gasteiger partial charge in [0.1, 0.15) is 0 Å². The predicted octanol–water partition coefficient (Wildman–Crippen LogP) is 5.60. The van der Waals surface area contributed by atoms with Gasteiger partial charge in [-0.3, -0.25) is 0 Å². The summed E-state index contributed by atoms with van der Waals surface area (Å²) in [5, 5.41) is 0. The van der Waals surface area contributed by atoms with Crippen molar-refractivity contribution in [1.29, 1.82) is 0 Å². The summed E-state index contributed by atoms with van der Waals surface area (Å²) in [6, 6.07) is 0. The minimum absolute atomic E-state index is 0.873. The Morgan fingerprint density at radius 1 is 0.524 bits per heavy atom. The van der Waals surface area contributed by atoms with Gasteiger partial charge in [-0.15, -0.1) is 0 Å². The Morgan fingerprint density at radius 2 is 0.762 bits per heavy atom. The lowest BCUT2D eigenvalue weighted by atomic mass is 10.0. The molecule has 0 heterocycles. The van der Waals surface area contributed by atoms with Gasteiger partial charge < -0.3 is 10.6 Å². The zero-order chi connectivity index (χ0) is 16.2. The summed E-state index contributed by atoms with van der Waals surface area (Å²) >= 11 is 0. The first-order chi connectivity index (χ1) is 10.1. The van der Waals surface area contributed by atoms with E-state index in [2.05, 4.69) is 6.92 Å². The van der Waals surface area contributed by atoms with E-state index in [1.807, 2.05) is 26.0 Å². The first kappa shape index (κ1) is 23.2. The van der Waals surface area contributed by atoms with E-state index in [-0.39, 0.29) is 0 Å². The fourth-order valence-electron chi connectivity index (χ4n) is 2.34. The third-order valence-corrected chi connectivity index (χ3v) is 3.56. The molecule has 21 heavy (non-hydrogen) atoms. The molecule has 0 aliphatic heterocycles. The van der Waals surface area contributed by atoms with Crippen molar-refractivity contribution in [2.24, 2.45) is 5.73 Å². The highest BCUT2D eigenvalue weighted by Crippen LogP contribution is 2.12. The molecule has 2 heteroatoms. The second-order valence-electron chi connectivity index (χ2n) is 6.73. The largest absolute Gasteiger partial charge is 0.330 e. The van der Waals surface area contributed by atoms with E-state index in [4.69, 9.17) is 5.73 Å². The fraction of sp³-hybridized carbons (Fsp3) is 1.00. The van der Waals surface area contributed by atoms with Gasteiger partial charge in [0, 0.05) is 0 Å². The topological polar surface area (TPSA) is 29.3 Å². The average Bonchev–Trinajstić information content (AvgIpc) is 2.43. The van der Waals surface area contributed by atoms with Crippen molar-refractivity contribution in [3.05, 3.63) is 0 Å². The molecule has 0 amide bonds. The van der Waals surface area contributed by atoms with E-state index in [9.17, 15) is 0 Å². The Hall–Kier alpha value is -0.0800. The SMILES string of the molecule is CCCCCCCCCCCCCCCCN.CN(C)C. The minimum atomic E-state index is 0.873. The van der Waals surface area contributed by atoms with Crippen LogP contribution in [0.15, 0.2) is 0 Å². The van der Waals surface area contributed by atoms with Crippen molar-refractivity contribution in [3.63, 3.8) is 0 Å². The van der Waals surface area contributed by atoms with Crippen molar-refractivity contribution >= 4 is 0 Å². The summed E-state index contributed by atoms with van der Waals surface area (Å²) in [5.41, 5.74) is 5.47. The number of nitrogens with zero attached hydrogens (tertiary/aromatic N) is 1. The summed E-state index contributed by atoms with van der Waals surface area (Å²) in [7, 11) is 6.00. The monoisotopic (exact) mass is 300 g/mol. The van der Waals surface area contributed by atoms with Crippen LogP contribution < -0.4 is 5.73 Å². The van der Waals surface area contributed by atoms with Gasteiger partial charge in [-0.05, 0) is 34.1 Å². The number of unbranched alkanes of at least 4 members (excludes halogenated alkanes) is 13. The summed E-state index contributed by atoms with van der Waals surface area (Å²) in [6.45, 7) is 3.16. The van der Waals surface area contributed by atoms with E-state index in [0.29, 0.717) is 0 Å². The summed E-state index contributed by atoms with van der Waals surface area (Å²) in [4.78, 5) is 2.00. The van der Waals surface area contributed by atoms with Gasteiger partial charge in [-0.2, -0.15) is 0 Å². The third-order valence-electron chi connectivity index (χ3n) is 3.56. The Morgan fingerprint density at radius 3 is 1.00 bits per heavy atom. The molecule has 0 aliphatic carbocycles. The molecule has 2 N–H and O–H groups in total. The van der Waals surface area contributed by atoms with Gasteiger partial charge in [0.2, 0.25) is 0 Å². The van der Waals surface area contributed by atoms with E-state index in [0.717, 1.165) is 6.54 Å². The van der Waals surface area contributed by atoms with Crippen LogP contribution in [0.5, 0.6) is 0 Å². The van der Waals surface area contributed by atoms with Crippen LogP contribution in [0.1, 0.15) is 96.8 Å². The minimum Gasteiger partial charge on any atom is -0.330 e. The number of rotatable bonds is 14. The molecule has 0 aromatic rings. The van der Waals surface area contributed by atoms with Gasteiger partial charge in [0.15, 0.2) is 0 Å². The zero-order valence-corrected chi connectivity index (χ0v) is 15.6. The highest BCUT2D eigenvalue weighted by Gasteiger charge is 1.93. The first-order valence-electron chi connectivity index (χ1n) is 9.46. The summed E-state index contributed by atoms with van der Waals surface area (Å²) < 4.78 is 0. The lowest BCUT2D eigenvalue weighted by molar-refractivity contribution is 0.505. The van der Waals surface area contributed by atoms with E-state index < -0.39 is 0 Å². The second kappa shape index (κ2) is 22.2. The molecule has 0 bridgehead atoms. The van der Waals surface area contributed by atoms with Crippen molar-refractivity contribution in [3.8, 4) is 0 Å². The second-order valence-corrected chi connectivity index (χ2v) is 6.73.